The third-order valence-electron chi connectivity index (χ3n) is 1.92. The summed E-state index contributed by atoms with van der Waals surface area (Å²) in [4.78, 5) is 0.0756. The van der Waals surface area contributed by atoms with Crippen molar-refractivity contribution in [3.05, 3.63) is 23.9 Å². The number of benzene rings is 1. The molecule has 74 valence electrons. The van der Waals surface area contributed by atoms with Gasteiger partial charge in [-0.3, -0.25) is 5.10 Å². The van der Waals surface area contributed by atoms with Crippen molar-refractivity contribution in [3.63, 3.8) is 0 Å². The molecule has 1 heterocycles. The molecule has 4 nitrogen and oxygen atoms in total. The average Bonchev–Trinajstić information content (AvgIpc) is 2.47. The van der Waals surface area contributed by atoms with E-state index in [0.29, 0.717) is 5.52 Å². The molecule has 0 fully saturated rings. The Kier molecular flexibility index (Phi) is 2.01. The molecular weight excluding hydrogens is 224 g/mol. The third kappa shape index (κ3) is 1.49. The second kappa shape index (κ2) is 2.96. The molecule has 0 spiro atoms. The van der Waals surface area contributed by atoms with Gasteiger partial charge in [0.2, 0.25) is 0 Å². The van der Waals surface area contributed by atoms with E-state index in [2.05, 4.69) is 10.2 Å². The first kappa shape index (κ1) is 9.48. The van der Waals surface area contributed by atoms with Crippen LogP contribution in [0.1, 0.15) is 5.56 Å². The number of aromatic amines is 1. The van der Waals surface area contributed by atoms with Crippen LogP contribution in [0.5, 0.6) is 0 Å². The Balaban J connectivity index is 2.94. The number of hydrogen-bond donors (Lipinski definition) is 1. The van der Waals surface area contributed by atoms with Gasteiger partial charge in [0.1, 0.15) is 4.90 Å². The fraction of sp³-hybridized carbons (Fsp3) is 0.125. The minimum atomic E-state index is -3.72. The summed E-state index contributed by atoms with van der Waals surface area (Å²) in [5, 5.41) is 7.12. The summed E-state index contributed by atoms with van der Waals surface area (Å²) in [6.45, 7) is 1.80. The molecule has 1 aromatic carbocycles. The summed E-state index contributed by atoms with van der Waals surface area (Å²) < 4.78 is 22.4. The Hall–Kier alpha value is -1.07. The topological polar surface area (TPSA) is 62.8 Å². The van der Waals surface area contributed by atoms with Crippen molar-refractivity contribution in [1.82, 2.24) is 10.2 Å². The molecule has 1 aromatic heterocycles. The van der Waals surface area contributed by atoms with Crippen molar-refractivity contribution in [2.75, 3.05) is 0 Å². The highest BCUT2D eigenvalue weighted by Gasteiger charge is 2.15. The molecule has 6 heteroatoms. The Morgan fingerprint density at radius 1 is 1.43 bits per heavy atom. The van der Waals surface area contributed by atoms with Gasteiger partial charge in [-0.25, -0.2) is 8.42 Å². The van der Waals surface area contributed by atoms with Crippen molar-refractivity contribution >= 4 is 30.6 Å². The normalized spacial score (nSPS) is 12.1. The molecule has 0 amide bonds. The number of hydrogen-bond acceptors (Lipinski definition) is 3. The maximum Gasteiger partial charge on any atom is 0.263 e. The fourth-order valence-electron chi connectivity index (χ4n) is 1.36. The molecule has 0 saturated carbocycles. The van der Waals surface area contributed by atoms with Crippen molar-refractivity contribution in [2.24, 2.45) is 0 Å². The molecule has 0 saturated heterocycles. The van der Waals surface area contributed by atoms with Gasteiger partial charge in [-0.15, -0.1) is 0 Å². The first-order valence-electron chi connectivity index (χ1n) is 3.87. The van der Waals surface area contributed by atoms with Crippen LogP contribution in [-0.4, -0.2) is 18.6 Å². The van der Waals surface area contributed by atoms with Gasteiger partial charge >= 0.3 is 0 Å². The number of halogens is 1. The van der Waals surface area contributed by atoms with E-state index < -0.39 is 9.05 Å². The lowest BCUT2D eigenvalue weighted by Crippen LogP contribution is -1.93. The van der Waals surface area contributed by atoms with Gasteiger partial charge in [0.15, 0.2) is 0 Å². The molecule has 0 bridgehead atoms. The Bertz CT molecular complexity index is 588. The molecule has 0 atom stereocenters. The predicted octanol–water partition coefficient (Wildman–Crippen LogP) is 1.80. The molecule has 0 aliphatic heterocycles. The fourth-order valence-corrected chi connectivity index (χ4v) is 2.46. The standard InChI is InChI=1S/C8H7ClN2O2S/c1-5-2-6-4-10-11-8(6)7(3-5)14(9,12)13/h2-4H,1H3,(H,10,11). The van der Waals surface area contributed by atoms with E-state index in [4.69, 9.17) is 10.7 Å². The number of H-pyrrole nitrogens is 1. The highest BCUT2D eigenvalue weighted by atomic mass is 35.7. The summed E-state index contributed by atoms with van der Waals surface area (Å²) in [6, 6.07) is 3.35. The minimum absolute atomic E-state index is 0.0756. The first-order valence-corrected chi connectivity index (χ1v) is 6.18. The molecule has 0 radical (unpaired) electrons. The first-order chi connectivity index (χ1) is 6.48. The van der Waals surface area contributed by atoms with Gasteiger partial charge in [-0.2, -0.15) is 5.10 Å². The van der Waals surface area contributed by atoms with Gasteiger partial charge in [0, 0.05) is 16.1 Å². The molecule has 0 aliphatic carbocycles. The van der Waals surface area contributed by atoms with Crippen LogP contribution < -0.4 is 0 Å². The van der Waals surface area contributed by atoms with Crippen LogP contribution in [0, 0.1) is 6.92 Å². The smallest absolute Gasteiger partial charge is 0.263 e. The van der Waals surface area contributed by atoms with Crippen LogP contribution in [0.15, 0.2) is 23.2 Å². The van der Waals surface area contributed by atoms with E-state index in [1.165, 1.54) is 6.07 Å². The van der Waals surface area contributed by atoms with Crippen molar-refractivity contribution in [3.8, 4) is 0 Å². The minimum Gasteiger partial charge on any atom is -0.276 e. The second-order valence-corrected chi connectivity index (χ2v) is 5.57. The van der Waals surface area contributed by atoms with E-state index in [0.717, 1.165) is 10.9 Å². The van der Waals surface area contributed by atoms with Gasteiger partial charge in [0.25, 0.3) is 9.05 Å². The Labute approximate surface area is 85.3 Å². The largest absolute Gasteiger partial charge is 0.276 e. The number of aryl methyl sites for hydroxylation is 1. The lowest BCUT2D eigenvalue weighted by atomic mass is 10.2. The summed E-state index contributed by atoms with van der Waals surface area (Å²) in [6.07, 6.45) is 1.56. The number of nitrogens with zero attached hydrogens (tertiary/aromatic N) is 1. The van der Waals surface area contributed by atoms with E-state index >= 15 is 0 Å². The summed E-state index contributed by atoms with van der Waals surface area (Å²) in [5.74, 6) is 0. The third-order valence-corrected chi connectivity index (χ3v) is 3.27. The van der Waals surface area contributed by atoms with Gasteiger partial charge in [-0.05, 0) is 24.6 Å². The van der Waals surface area contributed by atoms with E-state index in [9.17, 15) is 8.42 Å². The highest BCUT2D eigenvalue weighted by molar-refractivity contribution is 8.14. The van der Waals surface area contributed by atoms with Gasteiger partial charge in [0.05, 0.1) is 11.7 Å². The van der Waals surface area contributed by atoms with Crippen LogP contribution in [0.3, 0.4) is 0 Å². The molecule has 2 rings (SSSR count). The van der Waals surface area contributed by atoms with Crippen molar-refractivity contribution in [2.45, 2.75) is 11.8 Å². The monoisotopic (exact) mass is 230 g/mol. The quantitative estimate of drug-likeness (QED) is 0.760. The number of fused-ring (bicyclic) bond motifs is 1. The molecule has 14 heavy (non-hydrogen) atoms. The number of nitrogens with one attached hydrogen (secondary N) is 1. The lowest BCUT2D eigenvalue weighted by molar-refractivity contribution is 0.610. The molecule has 0 aliphatic rings. The van der Waals surface area contributed by atoms with Gasteiger partial charge in [-0.1, -0.05) is 0 Å². The SMILES string of the molecule is Cc1cc(S(=O)(=O)Cl)c2[nH]ncc2c1. The molecular formula is C8H7ClN2O2S. The zero-order valence-electron chi connectivity index (χ0n) is 7.28. The zero-order valence-corrected chi connectivity index (χ0v) is 8.85. The maximum absolute atomic E-state index is 11.2. The van der Waals surface area contributed by atoms with Crippen LogP contribution in [0.2, 0.25) is 0 Å². The second-order valence-electron chi connectivity index (χ2n) is 3.04. The van der Waals surface area contributed by atoms with Crippen LogP contribution in [0.4, 0.5) is 0 Å². The highest BCUT2D eigenvalue weighted by Crippen LogP contribution is 2.25. The lowest BCUT2D eigenvalue weighted by Gasteiger charge is -1.99. The van der Waals surface area contributed by atoms with E-state index in [1.807, 2.05) is 6.07 Å². The van der Waals surface area contributed by atoms with E-state index in [1.54, 1.807) is 13.1 Å². The summed E-state index contributed by atoms with van der Waals surface area (Å²) >= 11 is 0. The van der Waals surface area contributed by atoms with Crippen LogP contribution in [0.25, 0.3) is 10.9 Å². The van der Waals surface area contributed by atoms with Gasteiger partial charge < -0.3 is 0 Å². The molecule has 2 aromatic rings. The molecule has 1 N–H and O–H groups in total. The van der Waals surface area contributed by atoms with Crippen LogP contribution in [-0.2, 0) is 9.05 Å². The van der Waals surface area contributed by atoms with Crippen molar-refractivity contribution < 1.29 is 8.42 Å². The zero-order chi connectivity index (χ0) is 10.3. The summed E-state index contributed by atoms with van der Waals surface area (Å²) in [5.41, 5.74) is 1.28. The van der Waals surface area contributed by atoms with Crippen LogP contribution >= 0.6 is 10.7 Å². The predicted molar refractivity (Wildman–Crippen MR) is 53.9 cm³/mol. The average molecular weight is 231 g/mol. The van der Waals surface area contributed by atoms with Crippen molar-refractivity contribution in [1.29, 1.82) is 0 Å². The number of aromatic nitrogens is 2. The summed E-state index contributed by atoms with van der Waals surface area (Å²) in [7, 11) is 1.57. The van der Waals surface area contributed by atoms with E-state index in [-0.39, 0.29) is 4.90 Å². The Morgan fingerprint density at radius 3 is 2.79 bits per heavy atom. The number of rotatable bonds is 1. The molecule has 0 unspecified atom stereocenters. The Morgan fingerprint density at radius 2 is 2.14 bits per heavy atom. The maximum atomic E-state index is 11.2.